The number of rotatable bonds is 5. The fourth-order valence-electron chi connectivity index (χ4n) is 6.21. The van der Waals surface area contributed by atoms with Crippen LogP contribution in [0.5, 0.6) is 11.6 Å². The Hall–Kier alpha value is -3.86. The standard InChI is InChI=1S/C34H38N4O/c1-33(2,3)25-15-19-35-31(22-25)34(17-8-5-9-18-34)26-11-10-12-28(21-26)39-32-23-27(16-20-36-32)38-24-37(4)29-13-6-7-14-30(29)38/h6-7,10-16,19-23H,5,8-9,17-18,24H2,1-4H3. The SMILES string of the molecule is CN1CN(c2ccnc(Oc3cccc(C4(c5cc(C(C)(C)C)ccn5)CCCCC4)c3)c2)c2ccccc21. The van der Waals surface area contributed by atoms with Crippen molar-refractivity contribution in [3.05, 3.63) is 102 Å². The number of fused-ring (bicyclic) bond motifs is 1. The predicted molar refractivity (Wildman–Crippen MR) is 159 cm³/mol. The molecule has 39 heavy (non-hydrogen) atoms. The number of anilines is 3. The van der Waals surface area contributed by atoms with E-state index in [2.05, 4.69) is 97.2 Å². The van der Waals surface area contributed by atoms with Gasteiger partial charge in [0.2, 0.25) is 5.88 Å². The van der Waals surface area contributed by atoms with Crippen LogP contribution in [-0.2, 0) is 10.8 Å². The van der Waals surface area contributed by atoms with Gasteiger partial charge in [0.05, 0.1) is 23.7 Å². The Bertz CT molecular complexity index is 1470. The van der Waals surface area contributed by atoms with Gasteiger partial charge < -0.3 is 14.5 Å². The van der Waals surface area contributed by atoms with E-state index in [9.17, 15) is 0 Å². The average molecular weight is 519 g/mol. The van der Waals surface area contributed by atoms with Crippen LogP contribution in [0.25, 0.3) is 0 Å². The normalized spacial score (nSPS) is 16.7. The van der Waals surface area contributed by atoms with Crippen molar-refractivity contribution in [1.82, 2.24) is 9.97 Å². The molecule has 1 saturated carbocycles. The van der Waals surface area contributed by atoms with E-state index in [-0.39, 0.29) is 10.8 Å². The molecule has 0 amide bonds. The molecule has 5 heteroatoms. The Balaban J connectivity index is 1.31. The third-order valence-corrected chi connectivity index (χ3v) is 8.40. The van der Waals surface area contributed by atoms with E-state index in [4.69, 9.17) is 9.72 Å². The van der Waals surface area contributed by atoms with E-state index in [1.807, 2.05) is 30.6 Å². The lowest BCUT2D eigenvalue weighted by molar-refractivity contribution is 0.336. The zero-order valence-electron chi connectivity index (χ0n) is 23.5. The third kappa shape index (κ3) is 4.87. The molecule has 0 unspecified atom stereocenters. The first kappa shape index (κ1) is 25.4. The molecule has 2 aliphatic rings. The molecule has 2 aromatic carbocycles. The molecule has 2 aromatic heterocycles. The molecular formula is C34H38N4O. The zero-order chi connectivity index (χ0) is 27.0. The summed E-state index contributed by atoms with van der Waals surface area (Å²) in [7, 11) is 2.12. The molecule has 1 aliphatic heterocycles. The highest BCUT2D eigenvalue weighted by Gasteiger charge is 2.38. The highest BCUT2D eigenvalue weighted by Crippen LogP contribution is 2.46. The molecule has 5 nitrogen and oxygen atoms in total. The van der Waals surface area contributed by atoms with E-state index in [1.165, 1.54) is 47.5 Å². The van der Waals surface area contributed by atoms with E-state index >= 15 is 0 Å². The van der Waals surface area contributed by atoms with Gasteiger partial charge in [0.25, 0.3) is 0 Å². The molecule has 0 atom stereocenters. The van der Waals surface area contributed by atoms with Crippen molar-refractivity contribution in [1.29, 1.82) is 0 Å². The van der Waals surface area contributed by atoms with Gasteiger partial charge in [-0.25, -0.2) is 4.98 Å². The van der Waals surface area contributed by atoms with Crippen LogP contribution in [0.1, 0.15) is 69.7 Å². The van der Waals surface area contributed by atoms with Crippen LogP contribution >= 0.6 is 0 Å². The summed E-state index contributed by atoms with van der Waals surface area (Å²) in [5.74, 6) is 1.41. The number of aromatic nitrogens is 2. The number of pyridine rings is 2. The maximum Gasteiger partial charge on any atom is 0.221 e. The number of nitrogens with zero attached hydrogens (tertiary/aromatic N) is 4. The molecule has 0 radical (unpaired) electrons. The first-order chi connectivity index (χ1) is 18.8. The second kappa shape index (κ2) is 10.0. The maximum absolute atomic E-state index is 6.41. The van der Waals surface area contributed by atoms with Crippen LogP contribution in [0.2, 0.25) is 0 Å². The number of para-hydroxylation sites is 2. The maximum atomic E-state index is 6.41. The minimum atomic E-state index is -0.0992. The molecule has 200 valence electrons. The van der Waals surface area contributed by atoms with Crippen molar-refractivity contribution in [3.63, 3.8) is 0 Å². The van der Waals surface area contributed by atoms with Gasteiger partial charge in [0, 0.05) is 36.6 Å². The number of hydrogen-bond donors (Lipinski definition) is 0. The summed E-state index contributed by atoms with van der Waals surface area (Å²) < 4.78 is 6.41. The molecule has 6 rings (SSSR count). The Morgan fingerprint density at radius 1 is 0.795 bits per heavy atom. The largest absolute Gasteiger partial charge is 0.439 e. The number of ether oxygens (including phenoxy) is 1. The highest BCUT2D eigenvalue weighted by molar-refractivity contribution is 5.82. The van der Waals surface area contributed by atoms with Crippen LogP contribution in [0.15, 0.2) is 85.2 Å². The Labute approximate surface area is 232 Å². The van der Waals surface area contributed by atoms with Crippen molar-refractivity contribution in [3.8, 4) is 11.6 Å². The summed E-state index contributed by atoms with van der Waals surface area (Å²) in [6.07, 6.45) is 9.74. The van der Waals surface area contributed by atoms with Crippen molar-refractivity contribution < 1.29 is 4.74 Å². The topological polar surface area (TPSA) is 41.5 Å². The molecule has 4 aromatic rings. The molecular weight excluding hydrogens is 480 g/mol. The van der Waals surface area contributed by atoms with Crippen molar-refractivity contribution in [2.24, 2.45) is 0 Å². The Kier molecular flexibility index (Phi) is 6.54. The molecule has 0 saturated heterocycles. The Morgan fingerprint density at radius 2 is 1.56 bits per heavy atom. The fraction of sp³-hybridized carbons (Fsp3) is 0.353. The van der Waals surface area contributed by atoms with Crippen molar-refractivity contribution >= 4 is 17.1 Å². The van der Waals surface area contributed by atoms with Crippen LogP contribution in [0.4, 0.5) is 17.1 Å². The number of benzene rings is 2. The third-order valence-electron chi connectivity index (χ3n) is 8.40. The smallest absolute Gasteiger partial charge is 0.221 e. The lowest BCUT2D eigenvalue weighted by Crippen LogP contribution is -2.32. The second-order valence-electron chi connectivity index (χ2n) is 12.1. The van der Waals surface area contributed by atoms with Gasteiger partial charge in [-0.05, 0) is 71.8 Å². The highest BCUT2D eigenvalue weighted by atomic mass is 16.5. The summed E-state index contributed by atoms with van der Waals surface area (Å²) in [6.45, 7) is 7.61. The molecule has 0 spiro atoms. The van der Waals surface area contributed by atoms with E-state index in [0.29, 0.717) is 5.88 Å². The zero-order valence-corrected chi connectivity index (χ0v) is 23.5. The fourth-order valence-corrected chi connectivity index (χ4v) is 6.21. The lowest BCUT2D eigenvalue weighted by atomic mass is 9.66. The van der Waals surface area contributed by atoms with Gasteiger partial charge in [-0.15, -0.1) is 0 Å². The first-order valence-corrected chi connectivity index (χ1v) is 14.1. The Morgan fingerprint density at radius 3 is 2.36 bits per heavy atom. The quantitative estimate of drug-likeness (QED) is 0.265. The van der Waals surface area contributed by atoms with E-state index < -0.39 is 0 Å². The van der Waals surface area contributed by atoms with E-state index in [0.717, 1.165) is 30.9 Å². The summed E-state index contributed by atoms with van der Waals surface area (Å²) in [5.41, 5.74) is 7.28. The van der Waals surface area contributed by atoms with Crippen LogP contribution in [-0.4, -0.2) is 23.7 Å². The van der Waals surface area contributed by atoms with Gasteiger partial charge in [0.1, 0.15) is 5.75 Å². The molecule has 0 bridgehead atoms. The van der Waals surface area contributed by atoms with Crippen LogP contribution in [0, 0.1) is 0 Å². The first-order valence-electron chi connectivity index (χ1n) is 14.1. The van der Waals surface area contributed by atoms with Gasteiger partial charge >= 0.3 is 0 Å². The van der Waals surface area contributed by atoms with Gasteiger partial charge in [-0.3, -0.25) is 4.98 Å². The minimum absolute atomic E-state index is 0.0832. The number of hydrogen-bond acceptors (Lipinski definition) is 5. The van der Waals surface area contributed by atoms with Gasteiger partial charge in [0.15, 0.2) is 0 Å². The molecule has 3 heterocycles. The average Bonchev–Trinajstić information content (AvgIpc) is 3.30. The molecule has 1 fully saturated rings. The molecule has 1 aliphatic carbocycles. The second-order valence-corrected chi connectivity index (χ2v) is 12.1. The summed E-state index contributed by atoms with van der Waals surface area (Å²) >= 11 is 0. The van der Waals surface area contributed by atoms with Crippen LogP contribution in [0.3, 0.4) is 0 Å². The summed E-state index contributed by atoms with van der Waals surface area (Å²) in [6, 6.07) is 25.7. The van der Waals surface area contributed by atoms with E-state index in [1.54, 1.807) is 0 Å². The summed E-state index contributed by atoms with van der Waals surface area (Å²) in [4.78, 5) is 14.1. The lowest BCUT2D eigenvalue weighted by Gasteiger charge is -2.38. The van der Waals surface area contributed by atoms with Crippen molar-refractivity contribution in [2.75, 3.05) is 23.5 Å². The van der Waals surface area contributed by atoms with Gasteiger partial charge in [-0.2, -0.15) is 0 Å². The van der Waals surface area contributed by atoms with Gasteiger partial charge in [-0.1, -0.05) is 64.3 Å². The predicted octanol–water partition coefficient (Wildman–Crippen LogP) is 8.36. The minimum Gasteiger partial charge on any atom is -0.439 e. The monoisotopic (exact) mass is 518 g/mol. The van der Waals surface area contributed by atoms with Crippen LogP contribution < -0.4 is 14.5 Å². The molecule has 0 N–H and O–H groups in total. The van der Waals surface area contributed by atoms with Crippen molar-refractivity contribution in [2.45, 2.75) is 63.7 Å². The summed E-state index contributed by atoms with van der Waals surface area (Å²) in [5, 5.41) is 0.